The molecule has 1 rings (SSSR count). The Kier molecular flexibility index (Phi) is 2.89. The first-order valence-corrected chi connectivity index (χ1v) is 4.10. The topological polar surface area (TPSA) is 67.0 Å². The molecule has 0 aliphatic rings. The summed E-state index contributed by atoms with van der Waals surface area (Å²) in [6, 6.07) is 0. The van der Waals surface area contributed by atoms with Crippen molar-refractivity contribution in [1.29, 1.82) is 0 Å². The predicted octanol–water partition coefficient (Wildman–Crippen LogP) is 1.59. The molecule has 2 N–H and O–H groups in total. The lowest BCUT2D eigenvalue weighted by Crippen LogP contribution is -2.14. The summed E-state index contributed by atoms with van der Waals surface area (Å²) >= 11 is 0. The molecule has 1 aromatic rings. The van der Waals surface area contributed by atoms with Crippen LogP contribution in [0.5, 0.6) is 0 Å². The fourth-order valence-electron chi connectivity index (χ4n) is 1.00. The Labute approximate surface area is 76.5 Å². The maximum Gasteiger partial charge on any atom is 0.411 e. The Morgan fingerprint density at radius 3 is 2.77 bits per heavy atom. The van der Waals surface area contributed by atoms with Crippen molar-refractivity contribution < 1.29 is 9.53 Å². The molecule has 0 bridgehead atoms. The van der Waals surface area contributed by atoms with Crippen molar-refractivity contribution in [3.8, 4) is 0 Å². The highest BCUT2D eigenvalue weighted by molar-refractivity contribution is 5.86. The molecule has 1 amide bonds. The molecule has 1 heterocycles. The van der Waals surface area contributed by atoms with Gasteiger partial charge in [0.1, 0.15) is 0 Å². The minimum Gasteiger partial charge on any atom is -0.450 e. The van der Waals surface area contributed by atoms with Gasteiger partial charge in [-0.2, -0.15) is 5.10 Å². The van der Waals surface area contributed by atoms with Gasteiger partial charge in [0.25, 0.3) is 0 Å². The van der Waals surface area contributed by atoms with E-state index in [0.717, 1.165) is 11.4 Å². The Balaban J connectivity index is 2.68. The van der Waals surface area contributed by atoms with Gasteiger partial charge in [0.2, 0.25) is 0 Å². The summed E-state index contributed by atoms with van der Waals surface area (Å²) in [4.78, 5) is 11.0. The van der Waals surface area contributed by atoms with E-state index in [1.54, 1.807) is 6.92 Å². The number of H-pyrrole nitrogens is 1. The summed E-state index contributed by atoms with van der Waals surface area (Å²) in [5, 5.41) is 9.30. The summed E-state index contributed by atoms with van der Waals surface area (Å²) in [5.41, 5.74) is 2.27. The zero-order valence-electron chi connectivity index (χ0n) is 7.97. The molecule has 0 unspecified atom stereocenters. The number of carbonyl (C=O) groups is 1. The second-order valence-corrected chi connectivity index (χ2v) is 2.65. The minimum absolute atomic E-state index is 0.363. The van der Waals surface area contributed by atoms with Crippen LogP contribution in [-0.2, 0) is 4.74 Å². The lowest BCUT2D eigenvalue weighted by Gasteiger charge is -2.04. The summed E-state index contributed by atoms with van der Waals surface area (Å²) in [6.07, 6.45) is -0.449. The number of aromatic nitrogens is 2. The molecule has 72 valence electrons. The Bertz CT molecular complexity index is 287. The van der Waals surface area contributed by atoms with Gasteiger partial charge in [-0.15, -0.1) is 0 Å². The average Bonchev–Trinajstić information content (AvgIpc) is 2.36. The molecular weight excluding hydrogens is 170 g/mol. The zero-order chi connectivity index (χ0) is 9.84. The van der Waals surface area contributed by atoms with Gasteiger partial charge in [-0.05, 0) is 20.8 Å². The number of nitrogens with zero attached hydrogens (tertiary/aromatic N) is 1. The number of aryl methyl sites for hydroxylation is 2. The first kappa shape index (κ1) is 9.57. The third kappa shape index (κ3) is 2.21. The number of hydrogen-bond donors (Lipinski definition) is 2. The first-order chi connectivity index (χ1) is 6.15. The molecule has 0 radical (unpaired) electrons. The third-order valence-electron chi connectivity index (χ3n) is 1.63. The van der Waals surface area contributed by atoms with Gasteiger partial charge in [-0.25, -0.2) is 4.79 Å². The normalized spacial score (nSPS) is 9.77. The summed E-state index contributed by atoms with van der Waals surface area (Å²) in [5.74, 6) is 0. The van der Waals surface area contributed by atoms with Crippen molar-refractivity contribution in [2.45, 2.75) is 20.8 Å². The highest BCUT2D eigenvalue weighted by Gasteiger charge is 2.09. The van der Waals surface area contributed by atoms with E-state index in [1.807, 2.05) is 13.8 Å². The maximum atomic E-state index is 11.0. The molecule has 0 aliphatic carbocycles. The largest absolute Gasteiger partial charge is 0.450 e. The van der Waals surface area contributed by atoms with Crippen molar-refractivity contribution >= 4 is 11.8 Å². The van der Waals surface area contributed by atoms with E-state index in [-0.39, 0.29) is 0 Å². The third-order valence-corrected chi connectivity index (χ3v) is 1.63. The van der Waals surface area contributed by atoms with Gasteiger partial charge in [0, 0.05) is 0 Å². The number of hydrogen-bond acceptors (Lipinski definition) is 3. The van der Waals surface area contributed by atoms with E-state index < -0.39 is 6.09 Å². The fraction of sp³-hybridized carbons (Fsp3) is 0.500. The second-order valence-electron chi connectivity index (χ2n) is 2.65. The van der Waals surface area contributed by atoms with E-state index >= 15 is 0 Å². The van der Waals surface area contributed by atoms with Crippen molar-refractivity contribution in [3.05, 3.63) is 11.4 Å². The highest BCUT2D eigenvalue weighted by atomic mass is 16.5. The van der Waals surface area contributed by atoms with Crippen LogP contribution in [0.25, 0.3) is 0 Å². The zero-order valence-corrected chi connectivity index (χ0v) is 7.97. The van der Waals surface area contributed by atoms with Gasteiger partial charge in [0.15, 0.2) is 0 Å². The van der Waals surface area contributed by atoms with E-state index in [0.29, 0.717) is 12.3 Å². The molecule has 0 atom stereocenters. The van der Waals surface area contributed by atoms with Crippen LogP contribution in [0.1, 0.15) is 18.3 Å². The van der Waals surface area contributed by atoms with Gasteiger partial charge in [0.05, 0.1) is 23.7 Å². The molecule has 0 spiro atoms. The highest BCUT2D eigenvalue weighted by Crippen LogP contribution is 2.15. The summed E-state index contributed by atoms with van der Waals surface area (Å²) < 4.78 is 4.73. The van der Waals surface area contributed by atoms with Crippen molar-refractivity contribution in [2.24, 2.45) is 0 Å². The SMILES string of the molecule is CCOC(=O)Nc1c(C)n[nH]c1C. The second kappa shape index (κ2) is 3.93. The summed E-state index contributed by atoms with van der Waals surface area (Å²) in [6.45, 7) is 5.77. The average molecular weight is 183 g/mol. The lowest BCUT2D eigenvalue weighted by atomic mass is 10.3. The van der Waals surface area contributed by atoms with E-state index in [9.17, 15) is 4.79 Å². The van der Waals surface area contributed by atoms with Gasteiger partial charge in [-0.1, -0.05) is 0 Å². The molecule has 13 heavy (non-hydrogen) atoms. The number of ether oxygens (including phenoxy) is 1. The standard InChI is InChI=1S/C8H13N3O2/c1-4-13-8(12)9-7-5(2)10-11-6(7)3/h4H2,1-3H3,(H,9,12)(H,10,11). The van der Waals surface area contributed by atoms with Crippen molar-refractivity contribution in [1.82, 2.24) is 10.2 Å². The fourth-order valence-corrected chi connectivity index (χ4v) is 1.00. The maximum absolute atomic E-state index is 11.0. The molecule has 0 saturated carbocycles. The van der Waals surface area contributed by atoms with Gasteiger partial charge >= 0.3 is 6.09 Å². The predicted molar refractivity (Wildman–Crippen MR) is 48.7 cm³/mol. The number of aromatic amines is 1. The van der Waals surface area contributed by atoms with Gasteiger partial charge in [-0.3, -0.25) is 10.4 Å². The van der Waals surface area contributed by atoms with E-state index in [1.165, 1.54) is 0 Å². The lowest BCUT2D eigenvalue weighted by molar-refractivity contribution is 0.168. The molecular formula is C8H13N3O2. The Morgan fingerprint density at radius 2 is 2.31 bits per heavy atom. The molecule has 0 fully saturated rings. The molecule has 5 heteroatoms. The summed E-state index contributed by atoms with van der Waals surface area (Å²) in [7, 11) is 0. The number of anilines is 1. The van der Waals surface area contributed by atoms with Crippen LogP contribution in [0, 0.1) is 13.8 Å². The number of amides is 1. The molecule has 5 nitrogen and oxygen atoms in total. The molecule has 1 aromatic heterocycles. The molecule has 0 saturated heterocycles. The Morgan fingerprint density at radius 1 is 1.62 bits per heavy atom. The molecule has 0 aliphatic heterocycles. The van der Waals surface area contributed by atoms with E-state index in [4.69, 9.17) is 4.74 Å². The van der Waals surface area contributed by atoms with Crippen LogP contribution in [-0.4, -0.2) is 22.9 Å². The first-order valence-electron chi connectivity index (χ1n) is 4.10. The van der Waals surface area contributed by atoms with Crippen LogP contribution in [0.2, 0.25) is 0 Å². The number of rotatable bonds is 2. The van der Waals surface area contributed by atoms with Crippen molar-refractivity contribution in [3.63, 3.8) is 0 Å². The van der Waals surface area contributed by atoms with Crippen molar-refractivity contribution in [2.75, 3.05) is 11.9 Å². The van der Waals surface area contributed by atoms with Crippen LogP contribution in [0.3, 0.4) is 0 Å². The van der Waals surface area contributed by atoms with Crippen LogP contribution in [0.4, 0.5) is 10.5 Å². The van der Waals surface area contributed by atoms with E-state index in [2.05, 4.69) is 15.5 Å². The molecule has 0 aromatic carbocycles. The number of carbonyl (C=O) groups excluding carboxylic acids is 1. The van der Waals surface area contributed by atoms with Crippen LogP contribution >= 0.6 is 0 Å². The number of nitrogens with one attached hydrogen (secondary N) is 2. The smallest absolute Gasteiger partial charge is 0.411 e. The quantitative estimate of drug-likeness (QED) is 0.731. The minimum atomic E-state index is -0.449. The monoisotopic (exact) mass is 183 g/mol. The van der Waals surface area contributed by atoms with Gasteiger partial charge < -0.3 is 4.74 Å². The Hall–Kier alpha value is -1.52. The van der Waals surface area contributed by atoms with Crippen LogP contribution in [0.15, 0.2) is 0 Å². The van der Waals surface area contributed by atoms with Crippen LogP contribution < -0.4 is 5.32 Å².